The molecule has 1 spiro atoms. The van der Waals surface area contributed by atoms with E-state index in [9.17, 15) is 0 Å². The summed E-state index contributed by atoms with van der Waals surface area (Å²) in [6, 6.07) is 10.9. The Balaban J connectivity index is 1.98. The minimum atomic E-state index is 0.434. The van der Waals surface area contributed by atoms with E-state index in [2.05, 4.69) is 55.1 Å². The average molecular weight is 266 g/mol. The molecule has 0 radical (unpaired) electrons. The molecule has 2 heterocycles. The zero-order valence-corrected chi connectivity index (χ0v) is 12.1. The molecule has 20 heavy (non-hydrogen) atoms. The van der Waals surface area contributed by atoms with Crippen LogP contribution in [-0.2, 0) is 12.5 Å². The van der Waals surface area contributed by atoms with Crippen LogP contribution in [0.4, 0.5) is 0 Å². The van der Waals surface area contributed by atoms with E-state index in [-0.39, 0.29) is 0 Å². The fourth-order valence-electron chi connectivity index (χ4n) is 3.50. The van der Waals surface area contributed by atoms with Gasteiger partial charge in [0.1, 0.15) is 12.8 Å². The second-order valence-electron chi connectivity index (χ2n) is 6.21. The molecule has 102 valence electrons. The number of rotatable bonds is 1. The van der Waals surface area contributed by atoms with Crippen molar-refractivity contribution in [2.24, 2.45) is 7.05 Å². The van der Waals surface area contributed by atoms with E-state index in [1.54, 1.807) is 0 Å². The van der Waals surface area contributed by atoms with E-state index < -0.39 is 0 Å². The highest BCUT2D eigenvalue weighted by atomic mass is 16.5. The third-order valence-corrected chi connectivity index (χ3v) is 4.93. The lowest BCUT2D eigenvalue weighted by atomic mass is 9.86. The first-order valence-corrected chi connectivity index (χ1v) is 7.43. The van der Waals surface area contributed by atoms with Gasteiger partial charge in [0.15, 0.2) is 6.20 Å². The number of aryl methyl sites for hydroxylation is 2. The number of benzene rings is 1. The fraction of sp³-hybridized carbons (Fsp3) is 0.389. The molecule has 2 heteroatoms. The molecule has 0 N–H and O–H groups in total. The van der Waals surface area contributed by atoms with E-state index in [0.717, 1.165) is 12.4 Å². The number of fused-ring (bicyclic) bond motifs is 2. The fourth-order valence-corrected chi connectivity index (χ4v) is 3.50. The first-order valence-electron chi connectivity index (χ1n) is 7.43. The lowest BCUT2D eigenvalue weighted by Gasteiger charge is -2.27. The Labute approximate surface area is 120 Å². The summed E-state index contributed by atoms with van der Waals surface area (Å²) in [6.45, 7) is 3.04. The molecule has 1 aliphatic carbocycles. The lowest BCUT2D eigenvalue weighted by Crippen LogP contribution is -2.31. The molecular weight excluding hydrogens is 246 g/mol. The number of ether oxygens (including phenoxy) is 1. The SMILES string of the molecule is Cc1ccc2c(c1-c1cccc[n+]1C)OCCC21CC1. The molecule has 0 bridgehead atoms. The van der Waals surface area contributed by atoms with Crippen LogP contribution >= 0.6 is 0 Å². The summed E-state index contributed by atoms with van der Waals surface area (Å²) in [5.41, 5.74) is 5.68. The Bertz CT molecular complexity index is 686. The van der Waals surface area contributed by atoms with Gasteiger partial charge < -0.3 is 4.74 Å². The quantitative estimate of drug-likeness (QED) is 0.722. The first kappa shape index (κ1) is 12.0. The first-order chi connectivity index (χ1) is 9.71. The highest BCUT2D eigenvalue weighted by Crippen LogP contribution is 2.57. The number of hydrogen-bond acceptors (Lipinski definition) is 1. The van der Waals surface area contributed by atoms with Gasteiger partial charge >= 0.3 is 0 Å². The van der Waals surface area contributed by atoms with Crippen molar-refractivity contribution in [3.05, 3.63) is 47.7 Å². The molecule has 2 aliphatic rings. The molecular formula is C18H20NO+. The van der Waals surface area contributed by atoms with E-state index in [1.807, 2.05) is 0 Å². The molecule has 1 fully saturated rings. The van der Waals surface area contributed by atoms with Crippen LogP contribution in [0.15, 0.2) is 36.5 Å². The largest absolute Gasteiger partial charge is 0.492 e. The maximum Gasteiger partial charge on any atom is 0.216 e. The van der Waals surface area contributed by atoms with Crippen LogP contribution < -0.4 is 9.30 Å². The van der Waals surface area contributed by atoms with Crippen LogP contribution in [0.25, 0.3) is 11.3 Å². The van der Waals surface area contributed by atoms with Gasteiger partial charge in [0.05, 0.1) is 12.2 Å². The Morgan fingerprint density at radius 3 is 2.70 bits per heavy atom. The van der Waals surface area contributed by atoms with E-state index in [4.69, 9.17) is 4.74 Å². The predicted molar refractivity (Wildman–Crippen MR) is 78.8 cm³/mol. The van der Waals surface area contributed by atoms with Crippen molar-refractivity contribution < 1.29 is 9.30 Å². The molecule has 4 rings (SSSR count). The van der Waals surface area contributed by atoms with Crippen LogP contribution in [0.3, 0.4) is 0 Å². The second-order valence-corrected chi connectivity index (χ2v) is 6.21. The second kappa shape index (κ2) is 4.08. The summed E-state index contributed by atoms with van der Waals surface area (Å²) in [5.74, 6) is 1.13. The maximum absolute atomic E-state index is 6.11. The minimum absolute atomic E-state index is 0.434. The van der Waals surface area contributed by atoms with Gasteiger partial charge in [0, 0.05) is 23.1 Å². The number of aromatic nitrogens is 1. The summed E-state index contributed by atoms with van der Waals surface area (Å²) < 4.78 is 8.29. The van der Waals surface area contributed by atoms with Gasteiger partial charge in [0.25, 0.3) is 0 Å². The van der Waals surface area contributed by atoms with Crippen molar-refractivity contribution in [3.8, 4) is 17.0 Å². The van der Waals surface area contributed by atoms with Gasteiger partial charge in [-0.25, -0.2) is 4.57 Å². The third kappa shape index (κ3) is 1.60. The van der Waals surface area contributed by atoms with Gasteiger partial charge in [-0.1, -0.05) is 12.1 Å². The summed E-state index contributed by atoms with van der Waals surface area (Å²) in [7, 11) is 2.10. The van der Waals surface area contributed by atoms with Crippen molar-refractivity contribution in [3.63, 3.8) is 0 Å². The Hall–Kier alpha value is -1.83. The molecule has 2 aromatic rings. The Morgan fingerprint density at radius 1 is 1.10 bits per heavy atom. The molecule has 0 saturated heterocycles. The highest BCUT2D eigenvalue weighted by Gasteiger charge is 2.48. The van der Waals surface area contributed by atoms with Crippen LogP contribution in [0.1, 0.15) is 30.4 Å². The van der Waals surface area contributed by atoms with Crippen molar-refractivity contribution in [1.29, 1.82) is 0 Å². The molecule has 0 unspecified atom stereocenters. The van der Waals surface area contributed by atoms with Gasteiger partial charge in [-0.2, -0.15) is 0 Å². The van der Waals surface area contributed by atoms with Gasteiger partial charge in [0.2, 0.25) is 5.69 Å². The van der Waals surface area contributed by atoms with Crippen molar-refractivity contribution in [1.82, 2.24) is 0 Å². The molecule has 1 aliphatic heterocycles. The van der Waals surface area contributed by atoms with Crippen molar-refractivity contribution >= 4 is 0 Å². The Morgan fingerprint density at radius 2 is 1.95 bits per heavy atom. The molecule has 2 nitrogen and oxygen atoms in total. The molecule has 0 amide bonds. The van der Waals surface area contributed by atoms with Crippen molar-refractivity contribution in [2.75, 3.05) is 6.61 Å². The van der Waals surface area contributed by atoms with Crippen LogP contribution in [0.2, 0.25) is 0 Å². The molecule has 1 saturated carbocycles. The molecule has 1 aromatic carbocycles. The average Bonchev–Trinajstić information content (AvgIpc) is 3.21. The predicted octanol–water partition coefficient (Wildman–Crippen LogP) is 3.30. The topological polar surface area (TPSA) is 13.1 Å². The van der Waals surface area contributed by atoms with E-state index in [1.165, 1.54) is 41.6 Å². The van der Waals surface area contributed by atoms with Crippen LogP contribution in [-0.4, -0.2) is 6.61 Å². The molecule has 0 atom stereocenters. The normalized spacial score (nSPS) is 18.5. The third-order valence-electron chi connectivity index (χ3n) is 4.93. The Kier molecular flexibility index (Phi) is 2.44. The summed E-state index contributed by atoms with van der Waals surface area (Å²) in [6.07, 6.45) is 5.94. The van der Waals surface area contributed by atoms with Crippen LogP contribution in [0, 0.1) is 6.92 Å². The summed E-state index contributed by atoms with van der Waals surface area (Å²) in [5, 5.41) is 0. The maximum atomic E-state index is 6.11. The zero-order valence-electron chi connectivity index (χ0n) is 12.1. The van der Waals surface area contributed by atoms with E-state index in [0.29, 0.717) is 5.41 Å². The monoisotopic (exact) mass is 266 g/mol. The zero-order chi connectivity index (χ0) is 13.7. The number of hydrogen-bond donors (Lipinski definition) is 0. The standard InChI is InChI=1S/C18H20NO/c1-13-6-7-14-17(20-12-10-18(14)8-9-18)16(13)15-5-3-4-11-19(15)2/h3-7,11H,8-10,12H2,1-2H3/q+1. The summed E-state index contributed by atoms with van der Waals surface area (Å²) >= 11 is 0. The van der Waals surface area contributed by atoms with Crippen molar-refractivity contribution in [2.45, 2.75) is 31.6 Å². The van der Waals surface area contributed by atoms with Gasteiger partial charge in [-0.15, -0.1) is 0 Å². The lowest BCUT2D eigenvalue weighted by molar-refractivity contribution is -0.660. The summed E-state index contributed by atoms with van der Waals surface area (Å²) in [4.78, 5) is 0. The number of nitrogens with zero attached hydrogens (tertiary/aromatic N) is 1. The van der Waals surface area contributed by atoms with Gasteiger partial charge in [-0.3, -0.25) is 0 Å². The minimum Gasteiger partial charge on any atom is -0.492 e. The van der Waals surface area contributed by atoms with Gasteiger partial charge in [-0.05, 0) is 37.8 Å². The van der Waals surface area contributed by atoms with E-state index >= 15 is 0 Å². The highest BCUT2D eigenvalue weighted by molar-refractivity contribution is 5.73. The number of pyridine rings is 1. The smallest absolute Gasteiger partial charge is 0.216 e. The molecule has 1 aromatic heterocycles. The van der Waals surface area contributed by atoms with Crippen LogP contribution in [0.5, 0.6) is 5.75 Å².